The van der Waals surface area contributed by atoms with Crippen molar-refractivity contribution < 1.29 is 14.7 Å². The molecule has 5 heteroatoms. The summed E-state index contributed by atoms with van der Waals surface area (Å²) in [6, 6.07) is 10.1. The van der Waals surface area contributed by atoms with Crippen LogP contribution in [0.25, 0.3) is 0 Å². The molecular formula is C18H24N2O3. The van der Waals surface area contributed by atoms with Crippen molar-refractivity contribution >= 4 is 12.0 Å². The highest BCUT2D eigenvalue weighted by atomic mass is 16.4. The minimum Gasteiger partial charge on any atom is -0.481 e. The van der Waals surface area contributed by atoms with Gasteiger partial charge >= 0.3 is 12.0 Å². The second-order valence-electron chi connectivity index (χ2n) is 6.75. The molecule has 3 unspecified atom stereocenters. The van der Waals surface area contributed by atoms with E-state index in [0.29, 0.717) is 24.8 Å². The maximum Gasteiger partial charge on any atom is 0.317 e. The largest absolute Gasteiger partial charge is 0.481 e. The zero-order valence-electron chi connectivity index (χ0n) is 13.3. The van der Waals surface area contributed by atoms with E-state index >= 15 is 0 Å². The molecule has 3 atom stereocenters. The Hall–Kier alpha value is -2.04. The van der Waals surface area contributed by atoms with Crippen LogP contribution in [0.5, 0.6) is 0 Å². The fourth-order valence-electron chi connectivity index (χ4n) is 3.85. The van der Waals surface area contributed by atoms with Gasteiger partial charge in [0.2, 0.25) is 0 Å². The van der Waals surface area contributed by atoms with Gasteiger partial charge in [-0.1, -0.05) is 30.3 Å². The van der Waals surface area contributed by atoms with Gasteiger partial charge in [0, 0.05) is 25.0 Å². The molecule has 23 heavy (non-hydrogen) atoms. The zero-order chi connectivity index (χ0) is 16.2. The SMILES string of the molecule is O=C(O)CCC(Cc1ccccc1)NC(=O)N1CC2CCC1C2. The number of aliphatic carboxylic acids is 1. The lowest BCUT2D eigenvalue weighted by Gasteiger charge is -2.29. The molecule has 1 aliphatic carbocycles. The maximum atomic E-state index is 12.5. The Morgan fingerprint density at radius 3 is 2.65 bits per heavy atom. The monoisotopic (exact) mass is 316 g/mol. The fourth-order valence-corrected chi connectivity index (χ4v) is 3.85. The van der Waals surface area contributed by atoms with E-state index in [0.717, 1.165) is 24.9 Å². The van der Waals surface area contributed by atoms with E-state index in [2.05, 4.69) is 5.32 Å². The summed E-state index contributed by atoms with van der Waals surface area (Å²) >= 11 is 0. The third-order valence-electron chi connectivity index (χ3n) is 5.03. The number of nitrogens with one attached hydrogen (secondary N) is 1. The molecule has 2 N–H and O–H groups in total. The first-order valence-corrected chi connectivity index (χ1v) is 8.44. The normalized spacial score (nSPS) is 23.7. The van der Waals surface area contributed by atoms with Crippen molar-refractivity contribution in [2.75, 3.05) is 6.54 Å². The van der Waals surface area contributed by atoms with Gasteiger partial charge in [-0.25, -0.2) is 4.79 Å². The number of urea groups is 1. The Balaban J connectivity index is 1.60. The van der Waals surface area contributed by atoms with Gasteiger partial charge in [-0.3, -0.25) is 4.79 Å². The smallest absolute Gasteiger partial charge is 0.317 e. The van der Waals surface area contributed by atoms with Crippen LogP contribution in [-0.2, 0) is 11.2 Å². The summed E-state index contributed by atoms with van der Waals surface area (Å²) in [7, 11) is 0. The molecule has 124 valence electrons. The van der Waals surface area contributed by atoms with Crippen LogP contribution >= 0.6 is 0 Å². The zero-order valence-corrected chi connectivity index (χ0v) is 13.3. The van der Waals surface area contributed by atoms with Crippen LogP contribution in [0.4, 0.5) is 4.79 Å². The molecule has 1 aliphatic heterocycles. The van der Waals surface area contributed by atoms with Crippen molar-refractivity contribution in [2.45, 2.75) is 50.6 Å². The number of carbonyl (C=O) groups is 2. The van der Waals surface area contributed by atoms with Crippen LogP contribution in [0.3, 0.4) is 0 Å². The number of likely N-dealkylation sites (tertiary alicyclic amines) is 1. The number of piperidine rings is 1. The molecule has 3 rings (SSSR count). The van der Waals surface area contributed by atoms with Crippen molar-refractivity contribution in [3.63, 3.8) is 0 Å². The first-order chi connectivity index (χ1) is 11.1. The molecule has 1 heterocycles. The standard InChI is InChI=1S/C18H24N2O3/c21-17(22)9-7-15(10-13-4-2-1-3-5-13)19-18(23)20-12-14-6-8-16(20)11-14/h1-5,14-16H,6-12H2,(H,19,23)(H,21,22). The second-order valence-corrected chi connectivity index (χ2v) is 6.75. The first-order valence-electron chi connectivity index (χ1n) is 8.44. The van der Waals surface area contributed by atoms with Gasteiger partial charge in [0.1, 0.15) is 0 Å². The van der Waals surface area contributed by atoms with Crippen LogP contribution in [0.15, 0.2) is 30.3 Å². The number of carboxylic acid groups (broad SMARTS) is 1. The average Bonchev–Trinajstić information content (AvgIpc) is 3.16. The Bertz CT molecular complexity index is 561. The lowest BCUT2D eigenvalue weighted by atomic mass is 10.0. The predicted molar refractivity (Wildman–Crippen MR) is 87.2 cm³/mol. The Labute approximate surface area is 136 Å². The highest BCUT2D eigenvalue weighted by Gasteiger charge is 2.40. The highest BCUT2D eigenvalue weighted by Crippen LogP contribution is 2.37. The van der Waals surface area contributed by atoms with Crippen molar-refractivity contribution in [3.8, 4) is 0 Å². The van der Waals surface area contributed by atoms with Gasteiger partial charge in [0.15, 0.2) is 0 Å². The number of benzene rings is 1. The van der Waals surface area contributed by atoms with E-state index in [-0.39, 0.29) is 18.5 Å². The Morgan fingerprint density at radius 1 is 1.26 bits per heavy atom. The van der Waals surface area contributed by atoms with E-state index < -0.39 is 5.97 Å². The highest BCUT2D eigenvalue weighted by molar-refractivity contribution is 5.75. The maximum absolute atomic E-state index is 12.5. The number of carbonyl (C=O) groups excluding carboxylic acids is 1. The minimum atomic E-state index is -0.822. The summed E-state index contributed by atoms with van der Waals surface area (Å²) in [6.45, 7) is 0.855. The first kappa shape index (κ1) is 15.8. The van der Waals surface area contributed by atoms with Crippen LogP contribution in [0.1, 0.15) is 37.7 Å². The number of hydrogen-bond donors (Lipinski definition) is 2. The lowest BCUT2D eigenvalue weighted by molar-refractivity contribution is -0.137. The van der Waals surface area contributed by atoms with E-state index in [1.807, 2.05) is 35.2 Å². The molecule has 0 radical (unpaired) electrons. The van der Waals surface area contributed by atoms with Gasteiger partial charge in [0.05, 0.1) is 0 Å². The molecule has 0 aromatic heterocycles. The molecule has 1 aromatic carbocycles. The second kappa shape index (κ2) is 7.02. The number of rotatable bonds is 6. The number of hydrogen-bond acceptors (Lipinski definition) is 2. The van der Waals surface area contributed by atoms with Gasteiger partial charge in [-0.2, -0.15) is 0 Å². The van der Waals surface area contributed by atoms with Crippen molar-refractivity contribution in [2.24, 2.45) is 5.92 Å². The predicted octanol–water partition coefficient (Wildman–Crippen LogP) is 2.66. The van der Waals surface area contributed by atoms with Gasteiger partial charge < -0.3 is 15.3 Å². The van der Waals surface area contributed by atoms with E-state index in [1.54, 1.807) is 0 Å². The summed E-state index contributed by atoms with van der Waals surface area (Å²) in [5.74, 6) is -0.158. The molecule has 2 amide bonds. The molecule has 5 nitrogen and oxygen atoms in total. The number of carboxylic acids is 1. The van der Waals surface area contributed by atoms with Crippen LogP contribution in [0.2, 0.25) is 0 Å². The summed E-state index contributed by atoms with van der Waals surface area (Å²) in [5.41, 5.74) is 1.12. The molecule has 2 fully saturated rings. The number of amides is 2. The Morgan fingerprint density at radius 2 is 2.04 bits per heavy atom. The molecule has 1 saturated heterocycles. The summed E-state index contributed by atoms with van der Waals surface area (Å²) < 4.78 is 0. The molecule has 2 bridgehead atoms. The third kappa shape index (κ3) is 4.03. The summed E-state index contributed by atoms with van der Waals surface area (Å²) in [6.07, 6.45) is 4.67. The quantitative estimate of drug-likeness (QED) is 0.847. The minimum absolute atomic E-state index is 0.0245. The summed E-state index contributed by atoms with van der Waals surface area (Å²) in [5, 5.41) is 12.0. The van der Waals surface area contributed by atoms with Crippen molar-refractivity contribution in [1.29, 1.82) is 0 Å². The Kier molecular flexibility index (Phi) is 4.84. The van der Waals surface area contributed by atoms with Crippen LogP contribution in [0, 0.1) is 5.92 Å². The molecular weight excluding hydrogens is 292 g/mol. The number of nitrogens with zero attached hydrogens (tertiary/aromatic N) is 1. The van der Waals surface area contributed by atoms with E-state index in [9.17, 15) is 9.59 Å². The van der Waals surface area contributed by atoms with E-state index in [4.69, 9.17) is 5.11 Å². The summed E-state index contributed by atoms with van der Waals surface area (Å²) in [4.78, 5) is 25.4. The topological polar surface area (TPSA) is 69.6 Å². The number of fused-ring (bicyclic) bond motifs is 2. The fraction of sp³-hybridized carbons (Fsp3) is 0.556. The molecule has 2 aliphatic rings. The molecule has 1 aromatic rings. The van der Waals surface area contributed by atoms with Gasteiger partial charge in [0.25, 0.3) is 0 Å². The lowest BCUT2D eigenvalue weighted by Crippen LogP contribution is -2.48. The molecule has 1 saturated carbocycles. The van der Waals surface area contributed by atoms with Crippen LogP contribution in [-0.4, -0.2) is 40.6 Å². The van der Waals surface area contributed by atoms with Crippen molar-refractivity contribution in [3.05, 3.63) is 35.9 Å². The van der Waals surface area contributed by atoms with E-state index in [1.165, 1.54) is 6.42 Å². The van der Waals surface area contributed by atoms with Crippen molar-refractivity contribution in [1.82, 2.24) is 10.2 Å². The molecule has 0 spiro atoms. The third-order valence-corrected chi connectivity index (χ3v) is 5.03. The van der Waals surface area contributed by atoms with Gasteiger partial charge in [-0.05, 0) is 43.6 Å². The van der Waals surface area contributed by atoms with Gasteiger partial charge in [-0.15, -0.1) is 0 Å². The van der Waals surface area contributed by atoms with Crippen LogP contribution < -0.4 is 5.32 Å². The average molecular weight is 316 g/mol.